The number of esters is 3. The number of benzene rings is 1. The zero-order chi connectivity index (χ0) is 21.7. The zero-order valence-corrected chi connectivity index (χ0v) is 17.8. The summed E-state index contributed by atoms with van der Waals surface area (Å²) in [6.45, 7) is 7.52. The normalized spacial score (nSPS) is 26.2. The molecule has 8 heteroatoms. The molecule has 1 aromatic carbocycles. The fourth-order valence-electron chi connectivity index (χ4n) is 4.56. The van der Waals surface area contributed by atoms with E-state index >= 15 is 0 Å². The van der Waals surface area contributed by atoms with Gasteiger partial charge in [-0.3, -0.25) is 24.2 Å². The second-order valence-electron chi connectivity index (χ2n) is 7.36. The first kappa shape index (κ1) is 22.2. The Morgan fingerprint density at radius 1 is 0.833 bits per heavy atom. The third-order valence-electron chi connectivity index (χ3n) is 5.64. The van der Waals surface area contributed by atoms with Crippen molar-refractivity contribution in [2.75, 3.05) is 32.9 Å². The molecule has 1 aromatic rings. The molecule has 0 saturated carbocycles. The van der Waals surface area contributed by atoms with Crippen LogP contribution in [0, 0.1) is 11.8 Å². The van der Waals surface area contributed by atoms with E-state index in [9.17, 15) is 14.4 Å². The number of fused-ring (bicyclic) bond motifs is 1. The third kappa shape index (κ3) is 4.34. The Morgan fingerprint density at radius 3 is 2.00 bits per heavy atom. The molecule has 0 N–H and O–H groups in total. The SMILES string of the molecule is CCOC(=O)[C@@H]1[C@@H](C(=O)OCC)[C@H]2N(Cc3ccccc3)CCN2[C@@H]1C(=O)OCC. The Kier molecular flexibility index (Phi) is 7.44. The highest BCUT2D eigenvalue weighted by Gasteiger charge is 2.62. The minimum absolute atomic E-state index is 0.165. The lowest BCUT2D eigenvalue weighted by Crippen LogP contribution is -2.44. The number of hydrogen-bond acceptors (Lipinski definition) is 8. The lowest BCUT2D eigenvalue weighted by Gasteiger charge is -2.29. The predicted molar refractivity (Wildman–Crippen MR) is 108 cm³/mol. The fourth-order valence-corrected chi connectivity index (χ4v) is 4.56. The molecule has 0 amide bonds. The van der Waals surface area contributed by atoms with Gasteiger partial charge >= 0.3 is 17.9 Å². The van der Waals surface area contributed by atoms with Crippen LogP contribution < -0.4 is 0 Å². The Morgan fingerprint density at radius 2 is 1.40 bits per heavy atom. The average Bonchev–Trinajstić information content (AvgIpc) is 3.27. The van der Waals surface area contributed by atoms with E-state index in [0.29, 0.717) is 19.6 Å². The van der Waals surface area contributed by atoms with Gasteiger partial charge in [-0.1, -0.05) is 30.3 Å². The summed E-state index contributed by atoms with van der Waals surface area (Å²) in [5, 5.41) is 0. The summed E-state index contributed by atoms with van der Waals surface area (Å²) in [5.74, 6) is -3.36. The van der Waals surface area contributed by atoms with Crippen molar-refractivity contribution >= 4 is 17.9 Å². The third-order valence-corrected chi connectivity index (χ3v) is 5.64. The van der Waals surface area contributed by atoms with E-state index < -0.39 is 42.0 Å². The lowest BCUT2D eigenvalue weighted by molar-refractivity contribution is -0.164. The van der Waals surface area contributed by atoms with Crippen LogP contribution in [-0.2, 0) is 35.1 Å². The first-order valence-corrected chi connectivity index (χ1v) is 10.6. The summed E-state index contributed by atoms with van der Waals surface area (Å²) in [5.41, 5.74) is 1.09. The van der Waals surface area contributed by atoms with Gasteiger partial charge in [0.1, 0.15) is 12.0 Å². The molecular formula is C22H30N2O6. The predicted octanol–water partition coefficient (Wildman–Crippen LogP) is 1.43. The summed E-state index contributed by atoms with van der Waals surface area (Å²) in [6, 6.07) is 9.03. The lowest BCUT2D eigenvalue weighted by atomic mass is 9.88. The molecule has 0 unspecified atom stereocenters. The van der Waals surface area contributed by atoms with Crippen molar-refractivity contribution in [1.29, 1.82) is 0 Å². The maximum Gasteiger partial charge on any atom is 0.324 e. The van der Waals surface area contributed by atoms with Crippen molar-refractivity contribution in [2.45, 2.75) is 39.5 Å². The second-order valence-corrected chi connectivity index (χ2v) is 7.36. The minimum Gasteiger partial charge on any atom is -0.466 e. The number of hydrogen-bond donors (Lipinski definition) is 0. The summed E-state index contributed by atoms with van der Waals surface area (Å²) < 4.78 is 15.9. The standard InChI is InChI=1S/C22H30N2O6/c1-4-28-20(25)16-17(21(26)29-5-2)19-23(14-15-10-8-7-9-11-15)12-13-24(19)18(16)22(27)30-6-3/h7-11,16-19H,4-6,12-14H2,1-3H3/t16-,17-,18+,19+/m1/s1. The van der Waals surface area contributed by atoms with E-state index in [-0.39, 0.29) is 19.8 Å². The van der Waals surface area contributed by atoms with Crippen molar-refractivity contribution < 1.29 is 28.6 Å². The van der Waals surface area contributed by atoms with Gasteiger partial charge in [0.15, 0.2) is 0 Å². The van der Waals surface area contributed by atoms with Gasteiger partial charge < -0.3 is 14.2 Å². The van der Waals surface area contributed by atoms with Crippen molar-refractivity contribution in [1.82, 2.24) is 9.80 Å². The van der Waals surface area contributed by atoms with Crippen molar-refractivity contribution in [3.05, 3.63) is 35.9 Å². The molecule has 0 aliphatic carbocycles. The molecule has 2 heterocycles. The highest BCUT2D eigenvalue weighted by molar-refractivity contribution is 5.91. The maximum atomic E-state index is 13.0. The van der Waals surface area contributed by atoms with Crippen LogP contribution in [0.2, 0.25) is 0 Å². The van der Waals surface area contributed by atoms with Crippen molar-refractivity contribution in [3.63, 3.8) is 0 Å². The number of carbonyl (C=O) groups is 3. The van der Waals surface area contributed by atoms with Crippen LogP contribution in [0.5, 0.6) is 0 Å². The van der Waals surface area contributed by atoms with Gasteiger partial charge in [-0.2, -0.15) is 0 Å². The van der Waals surface area contributed by atoms with E-state index in [1.807, 2.05) is 35.2 Å². The molecule has 8 nitrogen and oxygen atoms in total. The minimum atomic E-state index is -0.966. The van der Waals surface area contributed by atoms with E-state index in [1.54, 1.807) is 20.8 Å². The van der Waals surface area contributed by atoms with Crippen molar-refractivity contribution in [2.24, 2.45) is 11.8 Å². The molecule has 2 aliphatic heterocycles. The van der Waals surface area contributed by atoms with Gasteiger partial charge in [0.05, 0.1) is 31.9 Å². The topological polar surface area (TPSA) is 85.4 Å². The quantitative estimate of drug-likeness (QED) is 0.463. The van der Waals surface area contributed by atoms with Crippen LogP contribution in [-0.4, -0.2) is 72.8 Å². The summed E-state index contributed by atoms with van der Waals surface area (Å²) >= 11 is 0. The first-order valence-electron chi connectivity index (χ1n) is 10.6. The Labute approximate surface area is 177 Å². The molecular weight excluding hydrogens is 388 g/mol. The van der Waals surface area contributed by atoms with Crippen molar-refractivity contribution in [3.8, 4) is 0 Å². The molecule has 0 radical (unpaired) electrons. The Balaban J connectivity index is 1.98. The molecule has 3 rings (SSSR count). The second kappa shape index (κ2) is 10.0. The molecule has 2 fully saturated rings. The van der Waals surface area contributed by atoms with Gasteiger partial charge in [-0.05, 0) is 26.3 Å². The Hall–Kier alpha value is -2.45. The van der Waals surface area contributed by atoms with Crippen LogP contribution >= 0.6 is 0 Å². The highest BCUT2D eigenvalue weighted by atomic mass is 16.5. The van der Waals surface area contributed by atoms with E-state index in [0.717, 1.165) is 5.56 Å². The fraction of sp³-hybridized carbons (Fsp3) is 0.591. The number of rotatable bonds is 8. The molecule has 0 bridgehead atoms. The van der Waals surface area contributed by atoms with E-state index in [4.69, 9.17) is 14.2 Å². The van der Waals surface area contributed by atoms with Gasteiger partial charge in [-0.15, -0.1) is 0 Å². The summed E-state index contributed by atoms with van der Waals surface area (Å²) in [4.78, 5) is 42.8. The molecule has 164 valence electrons. The molecule has 30 heavy (non-hydrogen) atoms. The van der Waals surface area contributed by atoms with Gasteiger partial charge in [-0.25, -0.2) is 0 Å². The zero-order valence-electron chi connectivity index (χ0n) is 17.8. The first-order chi connectivity index (χ1) is 14.5. The maximum absolute atomic E-state index is 13.0. The Bertz CT molecular complexity index is 755. The van der Waals surface area contributed by atoms with Gasteiger partial charge in [0.2, 0.25) is 0 Å². The molecule has 0 aromatic heterocycles. The molecule has 0 spiro atoms. The van der Waals surface area contributed by atoms with E-state index in [1.165, 1.54) is 0 Å². The van der Waals surface area contributed by atoms with Crippen LogP contribution in [0.4, 0.5) is 0 Å². The van der Waals surface area contributed by atoms with Gasteiger partial charge in [0, 0.05) is 19.6 Å². The molecule has 2 saturated heterocycles. The van der Waals surface area contributed by atoms with Crippen LogP contribution in [0.15, 0.2) is 30.3 Å². The number of ether oxygens (including phenoxy) is 3. The van der Waals surface area contributed by atoms with Crippen LogP contribution in [0.1, 0.15) is 26.3 Å². The van der Waals surface area contributed by atoms with Crippen LogP contribution in [0.25, 0.3) is 0 Å². The summed E-state index contributed by atoms with van der Waals surface area (Å²) in [6.07, 6.45) is -0.437. The molecule has 4 atom stereocenters. The van der Waals surface area contributed by atoms with Gasteiger partial charge in [0.25, 0.3) is 0 Å². The highest BCUT2D eigenvalue weighted by Crippen LogP contribution is 2.42. The number of nitrogens with zero attached hydrogens (tertiary/aromatic N) is 2. The monoisotopic (exact) mass is 418 g/mol. The van der Waals surface area contributed by atoms with E-state index in [2.05, 4.69) is 4.90 Å². The largest absolute Gasteiger partial charge is 0.466 e. The molecule has 2 aliphatic rings. The smallest absolute Gasteiger partial charge is 0.324 e. The average molecular weight is 418 g/mol. The summed E-state index contributed by atoms with van der Waals surface area (Å²) in [7, 11) is 0. The van der Waals surface area contributed by atoms with Crippen LogP contribution in [0.3, 0.4) is 0 Å². The number of carbonyl (C=O) groups excluding carboxylic acids is 3.